The maximum Gasteiger partial charge on any atom is 0.308 e. The molecule has 3 nitrogen and oxygen atoms in total. The number of methoxy groups -OCH3 is 1. The van der Waals surface area contributed by atoms with Crippen LogP contribution >= 0.6 is 0 Å². The summed E-state index contributed by atoms with van der Waals surface area (Å²) in [7, 11) is 1.57. The zero-order chi connectivity index (χ0) is 9.40. The molecule has 0 aliphatic rings. The maximum absolute atomic E-state index is 10.9. The zero-order valence-electron chi connectivity index (χ0n) is 8.13. The van der Waals surface area contributed by atoms with Crippen molar-refractivity contribution in [1.29, 1.82) is 0 Å². The van der Waals surface area contributed by atoms with Gasteiger partial charge in [-0.25, -0.2) is 0 Å². The van der Waals surface area contributed by atoms with E-state index in [-0.39, 0.29) is 5.97 Å². The summed E-state index contributed by atoms with van der Waals surface area (Å²) in [5, 5.41) is 0. The predicted molar refractivity (Wildman–Crippen MR) is 46.9 cm³/mol. The van der Waals surface area contributed by atoms with Gasteiger partial charge in [-0.1, -0.05) is 20.3 Å². The van der Waals surface area contributed by atoms with Crippen LogP contribution in [0.15, 0.2) is 0 Å². The third-order valence-corrected chi connectivity index (χ3v) is 1.74. The van der Waals surface area contributed by atoms with Crippen LogP contribution in [0, 0.1) is 5.92 Å². The van der Waals surface area contributed by atoms with Crippen molar-refractivity contribution in [2.24, 2.45) is 5.92 Å². The molecule has 0 aromatic rings. The SMILES string of the molecule is CCC(C)COC(=O)CCOC. The van der Waals surface area contributed by atoms with Crippen molar-refractivity contribution in [3.8, 4) is 0 Å². The van der Waals surface area contributed by atoms with Gasteiger partial charge in [-0.3, -0.25) is 4.79 Å². The highest BCUT2D eigenvalue weighted by molar-refractivity contribution is 5.69. The van der Waals surface area contributed by atoms with Gasteiger partial charge in [0, 0.05) is 7.11 Å². The van der Waals surface area contributed by atoms with Crippen LogP contribution in [0.5, 0.6) is 0 Å². The van der Waals surface area contributed by atoms with Crippen molar-refractivity contribution in [2.45, 2.75) is 26.7 Å². The van der Waals surface area contributed by atoms with Crippen LogP contribution in [-0.4, -0.2) is 26.3 Å². The van der Waals surface area contributed by atoms with E-state index < -0.39 is 0 Å². The summed E-state index contributed by atoms with van der Waals surface area (Å²) in [4.78, 5) is 10.9. The average Bonchev–Trinajstić information content (AvgIpc) is 2.10. The molecule has 0 saturated carbocycles. The average molecular weight is 174 g/mol. The first kappa shape index (κ1) is 11.4. The van der Waals surface area contributed by atoms with E-state index in [9.17, 15) is 4.79 Å². The summed E-state index contributed by atoms with van der Waals surface area (Å²) >= 11 is 0. The first-order chi connectivity index (χ1) is 5.70. The fourth-order valence-electron chi connectivity index (χ4n) is 0.611. The Morgan fingerprint density at radius 3 is 2.67 bits per heavy atom. The molecule has 0 rings (SSSR count). The molecule has 0 heterocycles. The van der Waals surface area contributed by atoms with Crippen molar-refractivity contribution in [1.82, 2.24) is 0 Å². The van der Waals surface area contributed by atoms with Crippen molar-refractivity contribution in [3.63, 3.8) is 0 Å². The molecular weight excluding hydrogens is 156 g/mol. The first-order valence-electron chi connectivity index (χ1n) is 4.35. The molecule has 0 aromatic carbocycles. The van der Waals surface area contributed by atoms with Crippen LogP contribution in [-0.2, 0) is 14.3 Å². The summed E-state index contributed by atoms with van der Waals surface area (Å²) in [5.41, 5.74) is 0. The monoisotopic (exact) mass is 174 g/mol. The van der Waals surface area contributed by atoms with E-state index >= 15 is 0 Å². The lowest BCUT2D eigenvalue weighted by molar-refractivity contribution is -0.145. The highest BCUT2D eigenvalue weighted by atomic mass is 16.5. The smallest absolute Gasteiger partial charge is 0.308 e. The van der Waals surface area contributed by atoms with E-state index in [1.165, 1.54) is 0 Å². The van der Waals surface area contributed by atoms with E-state index in [2.05, 4.69) is 13.8 Å². The fraction of sp³-hybridized carbons (Fsp3) is 0.889. The van der Waals surface area contributed by atoms with Gasteiger partial charge in [-0.2, -0.15) is 0 Å². The fourth-order valence-corrected chi connectivity index (χ4v) is 0.611. The molecular formula is C9H18O3. The minimum Gasteiger partial charge on any atom is -0.465 e. The Morgan fingerprint density at radius 2 is 2.17 bits per heavy atom. The van der Waals surface area contributed by atoms with Gasteiger partial charge in [0.15, 0.2) is 0 Å². The molecule has 0 aromatic heterocycles. The molecule has 72 valence electrons. The second-order valence-corrected chi connectivity index (χ2v) is 2.94. The molecule has 0 N–H and O–H groups in total. The Bertz CT molecular complexity index is 123. The van der Waals surface area contributed by atoms with Gasteiger partial charge >= 0.3 is 5.97 Å². The number of hydrogen-bond donors (Lipinski definition) is 0. The molecule has 0 aliphatic heterocycles. The number of ether oxygens (including phenoxy) is 2. The second kappa shape index (κ2) is 7.10. The lowest BCUT2D eigenvalue weighted by Crippen LogP contribution is -2.12. The third-order valence-electron chi connectivity index (χ3n) is 1.74. The Kier molecular flexibility index (Phi) is 6.76. The van der Waals surface area contributed by atoms with Crippen LogP contribution in [0.1, 0.15) is 26.7 Å². The van der Waals surface area contributed by atoms with Gasteiger partial charge in [0.25, 0.3) is 0 Å². The van der Waals surface area contributed by atoms with Crippen LogP contribution in [0.3, 0.4) is 0 Å². The van der Waals surface area contributed by atoms with Crippen LogP contribution in [0.25, 0.3) is 0 Å². The van der Waals surface area contributed by atoms with Crippen molar-refractivity contribution in [3.05, 3.63) is 0 Å². The standard InChI is InChI=1S/C9H18O3/c1-4-8(2)7-12-9(10)5-6-11-3/h8H,4-7H2,1-3H3. The Hall–Kier alpha value is -0.570. The molecule has 3 heteroatoms. The summed E-state index contributed by atoms with van der Waals surface area (Å²) in [5.74, 6) is 0.286. The Labute approximate surface area is 74.0 Å². The molecule has 0 bridgehead atoms. The quantitative estimate of drug-likeness (QED) is 0.574. The summed E-state index contributed by atoms with van der Waals surface area (Å²) < 4.78 is 9.72. The van der Waals surface area contributed by atoms with Crippen molar-refractivity contribution in [2.75, 3.05) is 20.3 Å². The molecule has 0 spiro atoms. The first-order valence-corrected chi connectivity index (χ1v) is 4.35. The summed E-state index contributed by atoms with van der Waals surface area (Å²) in [6, 6.07) is 0. The van der Waals surface area contributed by atoms with E-state index in [0.717, 1.165) is 6.42 Å². The molecule has 0 amide bonds. The van der Waals surface area contributed by atoms with Crippen molar-refractivity contribution >= 4 is 5.97 Å². The number of hydrogen-bond acceptors (Lipinski definition) is 3. The number of carbonyl (C=O) groups excluding carboxylic acids is 1. The largest absolute Gasteiger partial charge is 0.465 e. The van der Waals surface area contributed by atoms with Gasteiger partial charge in [0.05, 0.1) is 19.6 Å². The van der Waals surface area contributed by atoms with E-state index in [0.29, 0.717) is 25.6 Å². The minimum atomic E-state index is -0.169. The molecule has 1 atom stereocenters. The molecule has 0 aliphatic carbocycles. The lowest BCUT2D eigenvalue weighted by atomic mass is 10.1. The topological polar surface area (TPSA) is 35.5 Å². The van der Waals surface area contributed by atoms with Gasteiger partial charge in [-0.05, 0) is 5.92 Å². The number of carbonyl (C=O) groups is 1. The maximum atomic E-state index is 10.9. The van der Waals surface area contributed by atoms with Gasteiger partial charge in [0.1, 0.15) is 0 Å². The van der Waals surface area contributed by atoms with E-state index in [4.69, 9.17) is 9.47 Å². The van der Waals surface area contributed by atoms with E-state index in [1.807, 2.05) is 0 Å². The lowest BCUT2D eigenvalue weighted by Gasteiger charge is -2.08. The Balaban J connectivity index is 3.31. The minimum absolute atomic E-state index is 0.169. The third kappa shape index (κ3) is 6.16. The van der Waals surface area contributed by atoms with Crippen LogP contribution in [0.2, 0.25) is 0 Å². The highest BCUT2D eigenvalue weighted by Crippen LogP contribution is 2.01. The number of esters is 1. The predicted octanol–water partition coefficient (Wildman–Crippen LogP) is 1.61. The molecule has 0 fully saturated rings. The van der Waals surface area contributed by atoms with E-state index in [1.54, 1.807) is 7.11 Å². The highest BCUT2D eigenvalue weighted by Gasteiger charge is 2.04. The number of rotatable bonds is 6. The summed E-state index contributed by atoms with van der Waals surface area (Å²) in [6.07, 6.45) is 1.39. The molecule has 0 radical (unpaired) electrons. The van der Waals surface area contributed by atoms with Crippen molar-refractivity contribution < 1.29 is 14.3 Å². The summed E-state index contributed by atoms with van der Waals surface area (Å²) in [6.45, 7) is 5.11. The van der Waals surface area contributed by atoms with Gasteiger partial charge in [-0.15, -0.1) is 0 Å². The Morgan fingerprint density at radius 1 is 1.50 bits per heavy atom. The zero-order valence-corrected chi connectivity index (χ0v) is 8.13. The molecule has 12 heavy (non-hydrogen) atoms. The van der Waals surface area contributed by atoms with Gasteiger partial charge in [0.2, 0.25) is 0 Å². The van der Waals surface area contributed by atoms with Crippen LogP contribution in [0.4, 0.5) is 0 Å². The second-order valence-electron chi connectivity index (χ2n) is 2.94. The molecule has 0 saturated heterocycles. The van der Waals surface area contributed by atoms with Gasteiger partial charge < -0.3 is 9.47 Å². The normalized spacial score (nSPS) is 12.6. The molecule has 1 unspecified atom stereocenters. The van der Waals surface area contributed by atoms with Crippen LogP contribution < -0.4 is 0 Å².